The first-order valence-corrected chi connectivity index (χ1v) is 7.43. The molecule has 4 N–H and O–H groups in total. The van der Waals surface area contributed by atoms with Crippen LogP contribution in [0.25, 0.3) is 0 Å². The molecule has 0 radical (unpaired) electrons. The third kappa shape index (κ3) is 4.86. The summed E-state index contributed by atoms with van der Waals surface area (Å²) in [6.45, 7) is 3.20. The largest absolute Gasteiger partial charge is 0.370 e. The molecule has 0 atom stereocenters. The summed E-state index contributed by atoms with van der Waals surface area (Å²) in [5.74, 6) is 0.752. The molecule has 1 aromatic heterocycles. The van der Waals surface area contributed by atoms with E-state index in [2.05, 4.69) is 15.6 Å². The maximum Gasteiger partial charge on any atom is 0.226 e. The van der Waals surface area contributed by atoms with Gasteiger partial charge in [0.05, 0.1) is 0 Å². The van der Waals surface area contributed by atoms with E-state index >= 15 is 0 Å². The van der Waals surface area contributed by atoms with Crippen molar-refractivity contribution in [2.24, 2.45) is 5.73 Å². The summed E-state index contributed by atoms with van der Waals surface area (Å²) >= 11 is 0. The van der Waals surface area contributed by atoms with Crippen molar-refractivity contribution in [2.75, 3.05) is 23.7 Å². The van der Waals surface area contributed by atoms with Crippen LogP contribution in [-0.4, -0.2) is 24.0 Å². The Morgan fingerprint density at radius 1 is 1.27 bits per heavy atom. The number of carbonyl (C=O) groups excluding carboxylic acids is 1. The molecule has 5 nitrogen and oxygen atoms in total. The Morgan fingerprint density at radius 2 is 2.14 bits per heavy atom. The second-order valence-electron chi connectivity index (χ2n) is 5.12. The van der Waals surface area contributed by atoms with Gasteiger partial charge < -0.3 is 16.4 Å². The molecular weight excluding hydrogens is 276 g/mol. The van der Waals surface area contributed by atoms with Crippen LogP contribution < -0.4 is 16.4 Å². The molecule has 116 valence electrons. The second kappa shape index (κ2) is 8.14. The summed E-state index contributed by atoms with van der Waals surface area (Å²) in [7, 11) is 0. The van der Waals surface area contributed by atoms with E-state index < -0.39 is 0 Å². The van der Waals surface area contributed by atoms with E-state index in [0.717, 1.165) is 17.9 Å². The van der Waals surface area contributed by atoms with E-state index in [1.807, 2.05) is 43.3 Å². The first-order valence-electron chi connectivity index (χ1n) is 7.43. The molecule has 2 aromatic rings. The van der Waals surface area contributed by atoms with Crippen LogP contribution in [0.2, 0.25) is 0 Å². The number of nitrogens with two attached hydrogens (primary N) is 1. The Hall–Kier alpha value is -2.40. The maximum atomic E-state index is 12.0. The summed E-state index contributed by atoms with van der Waals surface area (Å²) in [6, 6.07) is 11.5. The topological polar surface area (TPSA) is 80.0 Å². The van der Waals surface area contributed by atoms with Gasteiger partial charge in [0.1, 0.15) is 5.82 Å². The number of benzene rings is 1. The Bertz CT molecular complexity index is 613. The summed E-state index contributed by atoms with van der Waals surface area (Å²) in [5, 5.41) is 6.03. The molecule has 0 saturated carbocycles. The number of carbonyl (C=O) groups is 1. The van der Waals surface area contributed by atoms with Crippen LogP contribution in [0.4, 0.5) is 11.5 Å². The van der Waals surface area contributed by atoms with E-state index in [9.17, 15) is 4.79 Å². The van der Waals surface area contributed by atoms with Crippen molar-refractivity contribution >= 4 is 17.4 Å². The number of anilines is 2. The molecule has 2 rings (SSSR count). The fourth-order valence-corrected chi connectivity index (χ4v) is 2.17. The van der Waals surface area contributed by atoms with E-state index in [-0.39, 0.29) is 5.91 Å². The van der Waals surface area contributed by atoms with Crippen molar-refractivity contribution in [1.82, 2.24) is 4.98 Å². The van der Waals surface area contributed by atoms with Crippen molar-refractivity contribution in [3.8, 4) is 0 Å². The Labute approximate surface area is 130 Å². The van der Waals surface area contributed by atoms with Crippen LogP contribution in [0.15, 0.2) is 42.6 Å². The molecule has 5 heteroatoms. The first-order chi connectivity index (χ1) is 10.7. The fraction of sp³-hybridized carbons (Fsp3) is 0.294. The fourth-order valence-electron chi connectivity index (χ4n) is 2.17. The standard InChI is InChI=1S/C17H22N4O/c1-13-5-6-15(12-14(13)7-9-18)21-17(22)8-11-20-16-4-2-3-10-19-16/h2-6,10,12H,7-9,11,18H2,1H3,(H,19,20)(H,21,22). The molecule has 0 aliphatic rings. The summed E-state index contributed by atoms with van der Waals surface area (Å²) in [4.78, 5) is 16.1. The van der Waals surface area contributed by atoms with Crippen molar-refractivity contribution in [3.05, 3.63) is 53.7 Å². The van der Waals surface area contributed by atoms with Crippen LogP contribution >= 0.6 is 0 Å². The lowest BCUT2D eigenvalue weighted by Crippen LogP contribution is -2.16. The highest BCUT2D eigenvalue weighted by Crippen LogP contribution is 2.16. The van der Waals surface area contributed by atoms with Crippen molar-refractivity contribution in [1.29, 1.82) is 0 Å². The molecule has 0 spiro atoms. The lowest BCUT2D eigenvalue weighted by Gasteiger charge is -2.10. The summed E-state index contributed by atoms with van der Waals surface area (Å²) in [6.07, 6.45) is 2.92. The van der Waals surface area contributed by atoms with Gasteiger partial charge in [-0.2, -0.15) is 0 Å². The molecule has 1 aromatic carbocycles. The molecule has 0 aliphatic heterocycles. The Balaban J connectivity index is 1.83. The highest BCUT2D eigenvalue weighted by atomic mass is 16.1. The molecule has 1 amide bonds. The Kier molecular flexibility index (Phi) is 5.91. The van der Waals surface area contributed by atoms with E-state index in [4.69, 9.17) is 5.73 Å². The molecule has 0 aliphatic carbocycles. The van der Waals surface area contributed by atoms with Crippen LogP contribution in [0.1, 0.15) is 17.5 Å². The minimum absolute atomic E-state index is 0.0222. The average molecular weight is 298 g/mol. The van der Waals surface area contributed by atoms with Crippen LogP contribution in [-0.2, 0) is 11.2 Å². The molecule has 0 bridgehead atoms. The van der Waals surface area contributed by atoms with Gasteiger partial charge in [-0.05, 0) is 55.3 Å². The molecule has 22 heavy (non-hydrogen) atoms. The second-order valence-corrected chi connectivity index (χ2v) is 5.12. The number of pyridine rings is 1. The van der Waals surface area contributed by atoms with Crippen molar-refractivity contribution in [3.63, 3.8) is 0 Å². The zero-order valence-electron chi connectivity index (χ0n) is 12.8. The van der Waals surface area contributed by atoms with Crippen LogP contribution in [0, 0.1) is 6.92 Å². The van der Waals surface area contributed by atoms with E-state index in [0.29, 0.717) is 19.5 Å². The van der Waals surface area contributed by atoms with E-state index in [1.54, 1.807) is 6.20 Å². The molecule has 0 saturated heterocycles. The number of nitrogens with zero attached hydrogens (tertiary/aromatic N) is 1. The summed E-state index contributed by atoms with van der Waals surface area (Å²) < 4.78 is 0. The third-order valence-corrected chi connectivity index (χ3v) is 3.37. The third-order valence-electron chi connectivity index (χ3n) is 3.37. The minimum atomic E-state index is -0.0222. The van der Waals surface area contributed by atoms with Crippen LogP contribution in [0.3, 0.4) is 0 Å². The molecule has 0 fully saturated rings. The summed E-state index contributed by atoms with van der Waals surface area (Å²) in [5.41, 5.74) is 8.78. The smallest absolute Gasteiger partial charge is 0.226 e. The highest BCUT2D eigenvalue weighted by molar-refractivity contribution is 5.91. The first kappa shape index (κ1) is 16.0. The van der Waals surface area contributed by atoms with Gasteiger partial charge in [0.2, 0.25) is 5.91 Å². The van der Waals surface area contributed by atoms with Gasteiger partial charge in [0, 0.05) is 24.8 Å². The van der Waals surface area contributed by atoms with E-state index in [1.165, 1.54) is 11.1 Å². The zero-order chi connectivity index (χ0) is 15.8. The number of amides is 1. The lowest BCUT2D eigenvalue weighted by molar-refractivity contribution is -0.115. The minimum Gasteiger partial charge on any atom is -0.370 e. The normalized spacial score (nSPS) is 10.3. The predicted molar refractivity (Wildman–Crippen MR) is 89.9 cm³/mol. The van der Waals surface area contributed by atoms with Gasteiger partial charge in [0.25, 0.3) is 0 Å². The lowest BCUT2D eigenvalue weighted by atomic mass is 10.0. The highest BCUT2D eigenvalue weighted by Gasteiger charge is 2.05. The quantitative estimate of drug-likeness (QED) is 0.733. The molecule has 0 unspecified atom stereocenters. The number of hydrogen-bond acceptors (Lipinski definition) is 4. The molecular formula is C17H22N4O. The van der Waals surface area contributed by atoms with Gasteiger partial charge in [-0.1, -0.05) is 12.1 Å². The van der Waals surface area contributed by atoms with Gasteiger partial charge >= 0.3 is 0 Å². The average Bonchev–Trinajstić information content (AvgIpc) is 2.52. The van der Waals surface area contributed by atoms with Crippen LogP contribution in [0.5, 0.6) is 0 Å². The monoisotopic (exact) mass is 298 g/mol. The number of aryl methyl sites for hydroxylation is 1. The number of rotatable bonds is 7. The van der Waals surface area contributed by atoms with Gasteiger partial charge in [-0.25, -0.2) is 4.98 Å². The SMILES string of the molecule is Cc1ccc(NC(=O)CCNc2ccccn2)cc1CCN. The van der Waals surface area contributed by atoms with Gasteiger partial charge in [-0.15, -0.1) is 0 Å². The number of aromatic nitrogens is 1. The predicted octanol–water partition coefficient (Wildman–Crippen LogP) is 2.33. The zero-order valence-corrected chi connectivity index (χ0v) is 12.8. The molecule has 1 heterocycles. The van der Waals surface area contributed by atoms with Gasteiger partial charge in [0.15, 0.2) is 0 Å². The Morgan fingerprint density at radius 3 is 2.86 bits per heavy atom. The number of nitrogens with one attached hydrogen (secondary N) is 2. The van der Waals surface area contributed by atoms with Crippen molar-refractivity contribution in [2.45, 2.75) is 19.8 Å². The van der Waals surface area contributed by atoms with Gasteiger partial charge in [-0.3, -0.25) is 4.79 Å². The number of hydrogen-bond donors (Lipinski definition) is 3. The maximum absolute atomic E-state index is 12.0. The van der Waals surface area contributed by atoms with Crippen molar-refractivity contribution < 1.29 is 4.79 Å².